The number of aromatic nitrogens is 1. The number of benzene rings is 1. The third kappa shape index (κ3) is 4.75. The zero-order chi connectivity index (χ0) is 22.4. The van der Waals surface area contributed by atoms with Crippen LogP contribution >= 0.6 is 15.9 Å². The SMILES string of the molecule is CCOC(=O)c1c(C)nc(C)c(C(=O)OCC)c1-c1cc(Br)c(OCC)c(OC)c1. The monoisotopic (exact) mass is 479 g/mol. The normalized spacial score (nSPS) is 10.5. The van der Waals surface area contributed by atoms with Gasteiger partial charge in [0.1, 0.15) is 0 Å². The van der Waals surface area contributed by atoms with Crippen molar-refractivity contribution in [1.29, 1.82) is 0 Å². The number of hydrogen-bond acceptors (Lipinski definition) is 7. The zero-order valence-corrected chi connectivity index (χ0v) is 19.6. The molecular formula is C22H26BrNO6. The number of aryl methyl sites for hydroxylation is 2. The van der Waals surface area contributed by atoms with E-state index in [0.717, 1.165) is 0 Å². The predicted octanol–water partition coefficient (Wildman–Crippen LogP) is 4.89. The van der Waals surface area contributed by atoms with Gasteiger partial charge < -0.3 is 18.9 Å². The summed E-state index contributed by atoms with van der Waals surface area (Å²) in [6.07, 6.45) is 0. The number of carbonyl (C=O) groups is 2. The average Bonchev–Trinajstić information content (AvgIpc) is 2.69. The van der Waals surface area contributed by atoms with Crippen molar-refractivity contribution in [3.05, 3.63) is 39.1 Å². The number of carbonyl (C=O) groups excluding carboxylic acids is 2. The van der Waals surface area contributed by atoms with Crippen molar-refractivity contribution in [3.63, 3.8) is 0 Å². The molecule has 1 aromatic heterocycles. The van der Waals surface area contributed by atoms with Crippen molar-refractivity contribution in [2.45, 2.75) is 34.6 Å². The maximum atomic E-state index is 12.8. The number of rotatable bonds is 8. The molecule has 2 rings (SSSR count). The zero-order valence-electron chi connectivity index (χ0n) is 18.1. The first-order valence-electron chi connectivity index (χ1n) is 9.66. The molecule has 0 aliphatic carbocycles. The highest BCUT2D eigenvalue weighted by Gasteiger charge is 2.29. The van der Waals surface area contributed by atoms with E-state index in [1.807, 2.05) is 6.92 Å². The fraction of sp³-hybridized carbons (Fsp3) is 0.409. The highest BCUT2D eigenvalue weighted by atomic mass is 79.9. The fourth-order valence-corrected chi connectivity index (χ4v) is 3.75. The van der Waals surface area contributed by atoms with Gasteiger partial charge in [0.15, 0.2) is 11.5 Å². The van der Waals surface area contributed by atoms with Crippen LogP contribution in [0.3, 0.4) is 0 Å². The molecular weight excluding hydrogens is 454 g/mol. The first-order valence-corrected chi connectivity index (χ1v) is 10.5. The third-order valence-corrected chi connectivity index (χ3v) is 4.91. The Morgan fingerprint density at radius 1 is 0.933 bits per heavy atom. The third-order valence-electron chi connectivity index (χ3n) is 4.32. The van der Waals surface area contributed by atoms with Gasteiger partial charge in [-0.15, -0.1) is 0 Å². The molecule has 0 saturated carbocycles. The van der Waals surface area contributed by atoms with E-state index < -0.39 is 11.9 Å². The van der Waals surface area contributed by atoms with Gasteiger partial charge in [0, 0.05) is 5.56 Å². The Kier molecular flexibility index (Phi) is 8.23. The molecule has 162 valence electrons. The number of nitrogens with zero attached hydrogens (tertiary/aromatic N) is 1. The van der Waals surface area contributed by atoms with Crippen LogP contribution in [0.2, 0.25) is 0 Å². The smallest absolute Gasteiger partial charge is 0.340 e. The van der Waals surface area contributed by atoms with Gasteiger partial charge in [0.05, 0.1) is 53.9 Å². The molecule has 0 unspecified atom stereocenters. The second-order valence-corrected chi connectivity index (χ2v) is 7.13. The van der Waals surface area contributed by atoms with E-state index in [9.17, 15) is 9.59 Å². The lowest BCUT2D eigenvalue weighted by Crippen LogP contribution is -2.17. The lowest BCUT2D eigenvalue weighted by molar-refractivity contribution is 0.0525. The van der Waals surface area contributed by atoms with E-state index in [1.54, 1.807) is 39.8 Å². The molecule has 8 heteroatoms. The molecule has 1 heterocycles. The van der Waals surface area contributed by atoms with Crippen molar-refractivity contribution in [3.8, 4) is 22.6 Å². The van der Waals surface area contributed by atoms with E-state index in [4.69, 9.17) is 18.9 Å². The van der Waals surface area contributed by atoms with Crippen LogP contribution < -0.4 is 9.47 Å². The van der Waals surface area contributed by atoms with Gasteiger partial charge in [-0.1, -0.05) is 0 Å². The summed E-state index contributed by atoms with van der Waals surface area (Å²) in [5, 5.41) is 0. The summed E-state index contributed by atoms with van der Waals surface area (Å²) in [5.74, 6) is -0.140. The lowest BCUT2D eigenvalue weighted by atomic mass is 9.92. The molecule has 0 bridgehead atoms. The summed E-state index contributed by atoms with van der Waals surface area (Å²) in [5.41, 5.74) is 2.30. The van der Waals surface area contributed by atoms with Crippen molar-refractivity contribution in [1.82, 2.24) is 4.98 Å². The number of halogens is 1. The molecule has 0 saturated heterocycles. The van der Waals surface area contributed by atoms with Gasteiger partial charge in [-0.25, -0.2) is 9.59 Å². The molecule has 0 radical (unpaired) electrons. The molecule has 0 N–H and O–H groups in total. The summed E-state index contributed by atoms with van der Waals surface area (Å²) in [7, 11) is 1.52. The molecule has 0 fully saturated rings. The van der Waals surface area contributed by atoms with Gasteiger partial charge in [0.25, 0.3) is 0 Å². The number of methoxy groups -OCH3 is 1. The molecule has 0 atom stereocenters. The van der Waals surface area contributed by atoms with Crippen LogP contribution in [-0.2, 0) is 9.47 Å². The summed E-state index contributed by atoms with van der Waals surface area (Å²) in [6.45, 7) is 9.55. The van der Waals surface area contributed by atoms with Crippen LogP contribution in [0.15, 0.2) is 16.6 Å². The van der Waals surface area contributed by atoms with Gasteiger partial charge in [-0.05, 0) is 68.2 Å². The Morgan fingerprint density at radius 3 is 1.90 bits per heavy atom. The number of pyridine rings is 1. The highest BCUT2D eigenvalue weighted by molar-refractivity contribution is 9.10. The lowest BCUT2D eigenvalue weighted by Gasteiger charge is -2.19. The fourth-order valence-electron chi connectivity index (χ4n) is 3.19. The molecule has 0 aliphatic rings. The largest absolute Gasteiger partial charge is 0.493 e. The molecule has 0 amide bonds. The van der Waals surface area contributed by atoms with Crippen LogP contribution in [0.1, 0.15) is 52.9 Å². The molecule has 30 heavy (non-hydrogen) atoms. The molecule has 0 spiro atoms. The van der Waals surface area contributed by atoms with Gasteiger partial charge in [0.2, 0.25) is 0 Å². The van der Waals surface area contributed by atoms with E-state index >= 15 is 0 Å². The van der Waals surface area contributed by atoms with E-state index in [0.29, 0.717) is 45.1 Å². The number of ether oxygens (including phenoxy) is 4. The van der Waals surface area contributed by atoms with Crippen molar-refractivity contribution in [2.75, 3.05) is 26.9 Å². The van der Waals surface area contributed by atoms with E-state index in [1.165, 1.54) is 7.11 Å². The first kappa shape index (κ1) is 23.7. The maximum absolute atomic E-state index is 12.8. The van der Waals surface area contributed by atoms with Gasteiger partial charge in [-0.2, -0.15) is 0 Å². The van der Waals surface area contributed by atoms with Crippen LogP contribution in [0.5, 0.6) is 11.5 Å². The van der Waals surface area contributed by atoms with Crippen LogP contribution in [0.25, 0.3) is 11.1 Å². The van der Waals surface area contributed by atoms with Crippen molar-refractivity contribution in [2.24, 2.45) is 0 Å². The molecule has 7 nitrogen and oxygen atoms in total. The van der Waals surface area contributed by atoms with Crippen LogP contribution in [-0.4, -0.2) is 43.9 Å². The number of esters is 2. The minimum Gasteiger partial charge on any atom is -0.493 e. The second-order valence-electron chi connectivity index (χ2n) is 6.27. The Hall–Kier alpha value is -2.61. The Labute approximate surface area is 184 Å². The molecule has 1 aromatic carbocycles. The minimum absolute atomic E-state index is 0.191. The second kappa shape index (κ2) is 10.4. The minimum atomic E-state index is -0.563. The highest BCUT2D eigenvalue weighted by Crippen LogP contribution is 2.42. The van der Waals surface area contributed by atoms with Gasteiger partial charge >= 0.3 is 11.9 Å². The quantitative estimate of drug-likeness (QED) is 0.498. The summed E-state index contributed by atoms with van der Waals surface area (Å²) < 4.78 is 22.3. The summed E-state index contributed by atoms with van der Waals surface area (Å²) >= 11 is 3.51. The predicted molar refractivity (Wildman–Crippen MR) is 116 cm³/mol. The Balaban J connectivity index is 2.92. The average molecular weight is 480 g/mol. The van der Waals surface area contributed by atoms with Crippen molar-refractivity contribution >= 4 is 27.9 Å². The van der Waals surface area contributed by atoms with Gasteiger partial charge in [-0.3, -0.25) is 4.98 Å². The summed E-state index contributed by atoms with van der Waals surface area (Å²) in [4.78, 5) is 30.1. The summed E-state index contributed by atoms with van der Waals surface area (Å²) in [6, 6.07) is 3.49. The van der Waals surface area contributed by atoms with E-state index in [-0.39, 0.29) is 24.3 Å². The van der Waals surface area contributed by atoms with Crippen LogP contribution in [0, 0.1) is 13.8 Å². The van der Waals surface area contributed by atoms with E-state index in [2.05, 4.69) is 20.9 Å². The maximum Gasteiger partial charge on any atom is 0.340 e. The molecule has 0 aliphatic heterocycles. The number of hydrogen-bond donors (Lipinski definition) is 0. The first-order chi connectivity index (χ1) is 14.3. The molecule has 2 aromatic rings. The Morgan fingerprint density at radius 2 is 1.47 bits per heavy atom. The van der Waals surface area contributed by atoms with Crippen LogP contribution in [0.4, 0.5) is 0 Å². The van der Waals surface area contributed by atoms with Crippen molar-refractivity contribution < 1.29 is 28.5 Å². The topological polar surface area (TPSA) is 84.0 Å². The Bertz CT molecular complexity index is 915. The standard InChI is InChI=1S/C22H26BrNO6/c1-7-28-20-15(23)10-14(11-16(20)27-6)19-17(21(25)29-8-2)12(4)24-13(5)18(19)22(26)30-9-3/h10-11H,7-9H2,1-6H3.